The molecule has 2 saturated heterocycles. The van der Waals surface area contributed by atoms with Crippen LogP contribution in [0.25, 0.3) is 0 Å². The summed E-state index contributed by atoms with van der Waals surface area (Å²) in [7, 11) is 0. The van der Waals surface area contributed by atoms with Crippen molar-refractivity contribution in [2.45, 2.75) is 6.04 Å². The van der Waals surface area contributed by atoms with E-state index in [-0.39, 0.29) is 36.1 Å². The van der Waals surface area contributed by atoms with E-state index in [0.717, 1.165) is 13.1 Å². The van der Waals surface area contributed by atoms with Gasteiger partial charge in [-0.2, -0.15) is 0 Å². The fourth-order valence-electron chi connectivity index (χ4n) is 4.97. The Balaban J connectivity index is 1.12. The van der Waals surface area contributed by atoms with E-state index in [0.29, 0.717) is 26.2 Å². The largest absolute Gasteiger partial charge is 0.481 e. The number of halogens is 1. The summed E-state index contributed by atoms with van der Waals surface area (Å²) in [4.78, 5) is 31.4. The number of para-hydroxylation sites is 1. The minimum atomic E-state index is -0.497. The van der Waals surface area contributed by atoms with Crippen molar-refractivity contribution < 1.29 is 18.7 Å². The third kappa shape index (κ3) is 5.26. The zero-order chi connectivity index (χ0) is 24.9. The molecular formula is C29H30FN3O3. The molecule has 2 aliphatic heterocycles. The minimum absolute atomic E-state index is 0.0566. The first-order valence-corrected chi connectivity index (χ1v) is 12.4. The summed E-state index contributed by atoms with van der Waals surface area (Å²) in [6, 6.07) is 27.1. The van der Waals surface area contributed by atoms with Crippen LogP contribution in [-0.2, 0) is 9.59 Å². The SMILES string of the molecule is O=C(COc1ccccc1F)N1CC(C(=O)N2CCN(C(c3ccccc3)c3ccccc3)CC2)C1. The van der Waals surface area contributed by atoms with Crippen LogP contribution in [0, 0.1) is 11.7 Å². The summed E-state index contributed by atoms with van der Waals surface area (Å²) in [5, 5.41) is 0. The minimum Gasteiger partial charge on any atom is -0.481 e. The van der Waals surface area contributed by atoms with E-state index in [9.17, 15) is 14.0 Å². The van der Waals surface area contributed by atoms with Crippen molar-refractivity contribution in [2.75, 3.05) is 45.9 Å². The standard InChI is InChI=1S/C29H30FN3O3/c30-25-13-7-8-14-26(25)36-21-27(34)33-19-24(20-33)29(35)32-17-15-31(16-18-32)28(22-9-3-1-4-10-22)23-11-5-2-6-12-23/h1-14,24,28H,15-21H2. The van der Waals surface area contributed by atoms with Crippen LogP contribution in [0.2, 0.25) is 0 Å². The zero-order valence-electron chi connectivity index (χ0n) is 20.1. The van der Waals surface area contributed by atoms with Crippen molar-refractivity contribution in [3.63, 3.8) is 0 Å². The van der Waals surface area contributed by atoms with Gasteiger partial charge < -0.3 is 14.5 Å². The average molecular weight is 488 g/mol. The van der Waals surface area contributed by atoms with Gasteiger partial charge in [-0.25, -0.2) is 4.39 Å². The molecule has 6 nitrogen and oxygen atoms in total. The molecule has 0 N–H and O–H groups in total. The van der Waals surface area contributed by atoms with Crippen molar-refractivity contribution in [3.8, 4) is 5.75 Å². The summed E-state index contributed by atoms with van der Waals surface area (Å²) >= 11 is 0. The van der Waals surface area contributed by atoms with Gasteiger partial charge in [-0.3, -0.25) is 14.5 Å². The van der Waals surface area contributed by atoms with Crippen LogP contribution in [0.15, 0.2) is 84.9 Å². The lowest BCUT2D eigenvalue weighted by molar-refractivity contribution is -0.150. The van der Waals surface area contributed by atoms with Crippen LogP contribution < -0.4 is 4.74 Å². The maximum atomic E-state index is 13.7. The number of piperazine rings is 1. The number of likely N-dealkylation sites (tertiary alicyclic amines) is 1. The first kappa shape index (κ1) is 24.0. The van der Waals surface area contributed by atoms with Gasteiger partial charge in [-0.1, -0.05) is 72.8 Å². The first-order valence-electron chi connectivity index (χ1n) is 12.4. The lowest BCUT2D eigenvalue weighted by Crippen LogP contribution is -2.59. The molecule has 36 heavy (non-hydrogen) atoms. The molecule has 7 heteroatoms. The van der Waals surface area contributed by atoms with Crippen molar-refractivity contribution in [2.24, 2.45) is 5.92 Å². The van der Waals surface area contributed by atoms with Gasteiger partial charge >= 0.3 is 0 Å². The Hall–Kier alpha value is -3.71. The number of hydrogen-bond donors (Lipinski definition) is 0. The molecule has 2 heterocycles. The smallest absolute Gasteiger partial charge is 0.260 e. The molecule has 3 aromatic rings. The number of carbonyl (C=O) groups is 2. The van der Waals surface area contributed by atoms with E-state index in [1.807, 2.05) is 17.0 Å². The average Bonchev–Trinajstić information content (AvgIpc) is 2.89. The molecule has 0 radical (unpaired) electrons. The Morgan fingerprint density at radius 3 is 1.92 bits per heavy atom. The summed E-state index contributed by atoms with van der Waals surface area (Å²) in [5.74, 6) is -0.762. The normalized spacial score (nSPS) is 16.6. The molecule has 0 atom stereocenters. The highest BCUT2D eigenvalue weighted by atomic mass is 19.1. The van der Waals surface area contributed by atoms with Crippen LogP contribution in [0.5, 0.6) is 5.75 Å². The number of hydrogen-bond acceptors (Lipinski definition) is 4. The molecule has 5 rings (SSSR count). The van der Waals surface area contributed by atoms with Crippen molar-refractivity contribution in [1.29, 1.82) is 0 Å². The highest BCUT2D eigenvalue weighted by Crippen LogP contribution is 2.30. The van der Waals surface area contributed by atoms with Gasteiger partial charge in [-0.15, -0.1) is 0 Å². The van der Waals surface area contributed by atoms with E-state index in [1.165, 1.54) is 23.3 Å². The number of carbonyl (C=O) groups excluding carboxylic acids is 2. The third-order valence-corrected chi connectivity index (χ3v) is 6.99. The first-order chi connectivity index (χ1) is 17.6. The fourth-order valence-corrected chi connectivity index (χ4v) is 4.97. The molecule has 2 amide bonds. The summed E-state index contributed by atoms with van der Waals surface area (Å²) in [6.07, 6.45) is 0. The van der Waals surface area contributed by atoms with E-state index in [2.05, 4.69) is 53.4 Å². The number of nitrogens with zero attached hydrogens (tertiary/aromatic N) is 3. The molecule has 0 unspecified atom stereocenters. The number of rotatable bonds is 7. The van der Waals surface area contributed by atoms with Gasteiger partial charge in [0.1, 0.15) is 0 Å². The number of amides is 2. The third-order valence-electron chi connectivity index (χ3n) is 6.99. The summed E-state index contributed by atoms with van der Waals surface area (Å²) < 4.78 is 19.0. The second kappa shape index (κ2) is 10.9. The monoisotopic (exact) mass is 487 g/mol. The van der Waals surface area contributed by atoms with Crippen LogP contribution in [0.3, 0.4) is 0 Å². The Morgan fingerprint density at radius 1 is 0.778 bits per heavy atom. The Kier molecular flexibility index (Phi) is 7.28. The van der Waals surface area contributed by atoms with Crippen LogP contribution in [-0.4, -0.2) is 72.4 Å². The van der Waals surface area contributed by atoms with Crippen molar-refractivity contribution in [3.05, 3.63) is 102 Å². The Labute approximate surface area is 210 Å². The van der Waals surface area contributed by atoms with Gasteiger partial charge in [0.2, 0.25) is 5.91 Å². The molecule has 186 valence electrons. The maximum absolute atomic E-state index is 13.7. The number of benzene rings is 3. The van der Waals surface area contributed by atoms with Crippen LogP contribution in [0.4, 0.5) is 4.39 Å². The lowest BCUT2D eigenvalue weighted by atomic mass is 9.95. The van der Waals surface area contributed by atoms with Crippen LogP contribution >= 0.6 is 0 Å². The van der Waals surface area contributed by atoms with Gasteiger partial charge in [-0.05, 0) is 23.3 Å². The molecule has 2 aliphatic rings. The predicted octanol–water partition coefficient (Wildman–Crippen LogP) is 3.60. The van der Waals surface area contributed by atoms with Crippen molar-refractivity contribution in [1.82, 2.24) is 14.7 Å². The number of ether oxygens (including phenoxy) is 1. The molecule has 0 spiro atoms. The maximum Gasteiger partial charge on any atom is 0.260 e. The lowest BCUT2D eigenvalue weighted by Gasteiger charge is -2.44. The molecule has 2 fully saturated rings. The Morgan fingerprint density at radius 2 is 1.33 bits per heavy atom. The van der Waals surface area contributed by atoms with E-state index < -0.39 is 5.82 Å². The van der Waals surface area contributed by atoms with E-state index in [4.69, 9.17) is 4.74 Å². The second-order valence-corrected chi connectivity index (χ2v) is 9.30. The summed E-state index contributed by atoms with van der Waals surface area (Å²) in [5.41, 5.74) is 2.49. The topological polar surface area (TPSA) is 53.1 Å². The van der Waals surface area contributed by atoms with Gasteiger partial charge in [0.05, 0.1) is 12.0 Å². The fraction of sp³-hybridized carbons (Fsp3) is 0.310. The van der Waals surface area contributed by atoms with Crippen molar-refractivity contribution >= 4 is 11.8 Å². The van der Waals surface area contributed by atoms with E-state index >= 15 is 0 Å². The van der Waals surface area contributed by atoms with Crippen LogP contribution in [0.1, 0.15) is 17.2 Å². The van der Waals surface area contributed by atoms with Gasteiger partial charge in [0, 0.05) is 39.3 Å². The summed E-state index contributed by atoms with van der Waals surface area (Å²) in [6.45, 7) is 3.43. The van der Waals surface area contributed by atoms with Gasteiger partial charge in [0.25, 0.3) is 5.91 Å². The highest BCUT2D eigenvalue weighted by molar-refractivity contribution is 5.85. The molecular weight excluding hydrogens is 457 g/mol. The quantitative estimate of drug-likeness (QED) is 0.511. The molecule has 0 aromatic heterocycles. The predicted molar refractivity (Wildman–Crippen MR) is 135 cm³/mol. The zero-order valence-corrected chi connectivity index (χ0v) is 20.1. The second-order valence-electron chi connectivity index (χ2n) is 9.30. The molecule has 0 bridgehead atoms. The van der Waals surface area contributed by atoms with Gasteiger partial charge in [0.15, 0.2) is 18.2 Å². The Bertz CT molecular complexity index is 1140. The molecule has 0 saturated carbocycles. The molecule has 0 aliphatic carbocycles. The molecule has 3 aromatic carbocycles. The highest BCUT2D eigenvalue weighted by Gasteiger charge is 2.39. The van der Waals surface area contributed by atoms with E-state index in [1.54, 1.807) is 17.0 Å².